The number of imidazole rings is 1. The third-order valence-electron chi connectivity index (χ3n) is 6.95. The Hall–Kier alpha value is -2.41. The Morgan fingerprint density at radius 1 is 1.24 bits per heavy atom. The molecule has 4 heterocycles. The molecule has 0 saturated carbocycles. The number of nitrogens with one attached hydrogen (secondary N) is 1. The van der Waals surface area contributed by atoms with Gasteiger partial charge in [-0.05, 0) is 43.2 Å². The maximum atomic E-state index is 12.6. The summed E-state index contributed by atoms with van der Waals surface area (Å²) in [5.41, 5.74) is 2.03. The molecule has 3 aliphatic rings. The van der Waals surface area contributed by atoms with E-state index in [2.05, 4.69) is 20.1 Å². The summed E-state index contributed by atoms with van der Waals surface area (Å²) in [5.74, 6) is 2.27. The third-order valence-corrected chi connectivity index (χ3v) is 6.95. The topological polar surface area (TPSA) is 70.5 Å². The van der Waals surface area contributed by atoms with Crippen LogP contribution in [0.25, 0.3) is 11.0 Å². The van der Waals surface area contributed by atoms with Gasteiger partial charge in [0.2, 0.25) is 11.8 Å². The van der Waals surface area contributed by atoms with Crippen LogP contribution < -0.4 is 5.32 Å². The number of carbonyl (C=O) groups excluding carboxylic acids is 2. The van der Waals surface area contributed by atoms with Crippen molar-refractivity contribution in [1.82, 2.24) is 24.7 Å². The lowest BCUT2D eigenvalue weighted by Gasteiger charge is -2.52. The van der Waals surface area contributed by atoms with E-state index in [0.717, 1.165) is 49.3 Å². The molecule has 3 saturated heterocycles. The molecule has 0 aliphatic carbocycles. The fourth-order valence-corrected chi connectivity index (χ4v) is 5.63. The van der Waals surface area contributed by atoms with E-state index >= 15 is 0 Å². The molecule has 154 valence electrons. The summed E-state index contributed by atoms with van der Waals surface area (Å²) in [7, 11) is 1.99. The number of hydrogen-bond donors (Lipinski definition) is 1. The highest BCUT2D eigenvalue weighted by Crippen LogP contribution is 2.37. The van der Waals surface area contributed by atoms with E-state index in [-0.39, 0.29) is 5.91 Å². The number of aryl methyl sites for hydroxylation is 1. The van der Waals surface area contributed by atoms with Crippen molar-refractivity contribution in [3.8, 4) is 0 Å². The monoisotopic (exact) mass is 395 g/mol. The van der Waals surface area contributed by atoms with Gasteiger partial charge in [-0.2, -0.15) is 0 Å². The molecule has 5 rings (SSSR count). The van der Waals surface area contributed by atoms with E-state index in [1.807, 2.05) is 35.9 Å². The summed E-state index contributed by atoms with van der Waals surface area (Å²) in [6.45, 7) is 3.57. The Morgan fingerprint density at radius 3 is 2.97 bits per heavy atom. The average molecular weight is 396 g/mol. The lowest BCUT2D eigenvalue weighted by atomic mass is 9.76. The summed E-state index contributed by atoms with van der Waals surface area (Å²) in [5, 5.41) is 3.05. The Balaban J connectivity index is 1.18. The summed E-state index contributed by atoms with van der Waals surface area (Å²) in [6.07, 6.45) is 4.05. The number of amides is 2. The lowest BCUT2D eigenvalue weighted by molar-refractivity contribution is -0.145. The van der Waals surface area contributed by atoms with Crippen LogP contribution in [0.3, 0.4) is 0 Å². The molecule has 1 aromatic heterocycles. The van der Waals surface area contributed by atoms with E-state index in [4.69, 9.17) is 0 Å². The van der Waals surface area contributed by atoms with Gasteiger partial charge in [-0.1, -0.05) is 12.1 Å². The fraction of sp³-hybridized carbons (Fsp3) is 0.591. The zero-order chi connectivity index (χ0) is 20.0. The second-order valence-corrected chi connectivity index (χ2v) is 8.91. The number of hydrogen-bond acceptors (Lipinski definition) is 4. The SMILES string of the molecule is Cn1c(CNC(=O)CN2CC3CC(C2)[C@H]2CCCC(=O)N2C3)nc2ccccc21. The summed E-state index contributed by atoms with van der Waals surface area (Å²) < 4.78 is 2.04. The van der Waals surface area contributed by atoms with Crippen molar-refractivity contribution in [1.29, 1.82) is 0 Å². The molecule has 0 radical (unpaired) electrons. The minimum absolute atomic E-state index is 0.0496. The number of para-hydroxylation sites is 2. The molecule has 7 heteroatoms. The predicted molar refractivity (Wildman–Crippen MR) is 110 cm³/mol. The van der Waals surface area contributed by atoms with E-state index in [9.17, 15) is 9.59 Å². The number of piperidine rings is 3. The average Bonchev–Trinajstić information content (AvgIpc) is 3.03. The van der Waals surface area contributed by atoms with E-state index < -0.39 is 0 Å². The van der Waals surface area contributed by atoms with Crippen molar-refractivity contribution < 1.29 is 9.59 Å². The zero-order valence-corrected chi connectivity index (χ0v) is 17.0. The number of fused-ring (bicyclic) bond motifs is 5. The Kier molecular flexibility index (Phi) is 4.78. The maximum absolute atomic E-state index is 12.6. The molecule has 3 fully saturated rings. The second-order valence-electron chi connectivity index (χ2n) is 8.91. The van der Waals surface area contributed by atoms with Crippen molar-refractivity contribution in [2.45, 2.75) is 38.3 Å². The van der Waals surface area contributed by atoms with E-state index in [1.165, 1.54) is 6.42 Å². The van der Waals surface area contributed by atoms with Gasteiger partial charge in [0.05, 0.1) is 24.1 Å². The van der Waals surface area contributed by atoms with Crippen LogP contribution in [0.2, 0.25) is 0 Å². The van der Waals surface area contributed by atoms with Crippen LogP contribution in [0.15, 0.2) is 24.3 Å². The van der Waals surface area contributed by atoms with Gasteiger partial charge in [-0.15, -0.1) is 0 Å². The molecule has 3 atom stereocenters. The smallest absolute Gasteiger partial charge is 0.234 e. The lowest BCUT2D eigenvalue weighted by Crippen LogP contribution is -2.61. The number of carbonyl (C=O) groups is 2. The van der Waals surface area contributed by atoms with Gasteiger partial charge in [0.15, 0.2) is 0 Å². The normalized spacial score (nSPS) is 27.1. The molecule has 1 aromatic carbocycles. The van der Waals surface area contributed by atoms with Crippen molar-refractivity contribution in [3.05, 3.63) is 30.1 Å². The first-order valence-electron chi connectivity index (χ1n) is 10.8. The van der Waals surface area contributed by atoms with Crippen molar-refractivity contribution in [3.63, 3.8) is 0 Å². The summed E-state index contributed by atoms with van der Waals surface area (Å²) in [4.78, 5) is 33.9. The van der Waals surface area contributed by atoms with Gasteiger partial charge < -0.3 is 14.8 Å². The molecular weight excluding hydrogens is 366 g/mol. The molecule has 2 unspecified atom stereocenters. The quantitative estimate of drug-likeness (QED) is 0.852. The van der Waals surface area contributed by atoms with Crippen LogP contribution in [0.1, 0.15) is 31.5 Å². The molecule has 29 heavy (non-hydrogen) atoms. The van der Waals surface area contributed by atoms with Gasteiger partial charge in [-0.25, -0.2) is 4.98 Å². The van der Waals surface area contributed by atoms with Crippen molar-refractivity contribution >= 4 is 22.8 Å². The minimum Gasteiger partial charge on any atom is -0.348 e. The van der Waals surface area contributed by atoms with Gasteiger partial charge in [0.25, 0.3) is 0 Å². The molecule has 7 nitrogen and oxygen atoms in total. The summed E-state index contributed by atoms with van der Waals surface area (Å²) in [6, 6.07) is 8.40. The first kappa shape index (κ1) is 18.6. The Morgan fingerprint density at radius 2 is 2.10 bits per heavy atom. The molecule has 2 amide bonds. The number of benzene rings is 1. The highest BCUT2D eigenvalue weighted by atomic mass is 16.2. The summed E-state index contributed by atoms with van der Waals surface area (Å²) >= 11 is 0. The first-order valence-corrected chi connectivity index (χ1v) is 10.8. The molecule has 2 aromatic rings. The van der Waals surface area contributed by atoms with Gasteiger partial charge >= 0.3 is 0 Å². The minimum atomic E-state index is 0.0496. The number of likely N-dealkylation sites (tertiary alicyclic amines) is 1. The van der Waals surface area contributed by atoms with E-state index in [0.29, 0.717) is 43.3 Å². The van der Waals surface area contributed by atoms with Gasteiger partial charge in [-0.3, -0.25) is 14.5 Å². The predicted octanol–water partition coefficient (Wildman–Crippen LogP) is 1.52. The second kappa shape index (κ2) is 7.44. The van der Waals surface area contributed by atoms with Gasteiger partial charge in [0, 0.05) is 39.1 Å². The van der Waals surface area contributed by atoms with E-state index in [1.54, 1.807) is 0 Å². The highest BCUT2D eigenvalue weighted by molar-refractivity contribution is 5.79. The highest BCUT2D eigenvalue weighted by Gasteiger charge is 2.44. The zero-order valence-electron chi connectivity index (χ0n) is 17.0. The molecule has 3 aliphatic heterocycles. The molecule has 1 N–H and O–H groups in total. The van der Waals surface area contributed by atoms with Crippen LogP contribution in [0.5, 0.6) is 0 Å². The van der Waals surface area contributed by atoms with Crippen LogP contribution in [0.4, 0.5) is 0 Å². The van der Waals surface area contributed by atoms with Crippen molar-refractivity contribution in [2.24, 2.45) is 18.9 Å². The molecule has 2 bridgehead atoms. The maximum Gasteiger partial charge on any atom is 0.234 e. The number of rotatable bonds is 4. The van der Waals surface area contributed by atoms with Crippen molar-refractivity contribution in [2.75, 3.05) is 26.2 Å². The standard InChI is InChI=1S/C22H29N5O2/c1-25-19-6-3-2-5-17(19)24-20(25)10-23-21(28)14-26-11-15-9-16(13-26)18-7-4-8-22(29)27(18)12-15/h2-3,5-6,15-16,18H,4,7-14H2,1H3,(H,23,28)/t15?,16?,18-/m1/s1. The Bertz CT molecular complexity index is 938. The molecule has 0 spiro atoms. The Labute approximate surface area is 171 Å². The van der Waals surface area contributed by atoms with Crippen LogP contribution in [-0.4, -0.2) is 63.4 Å². The fourth-order valence-electron chi connectivity index (χ4n) is 5.63. The largest absolute Gasteiger partial charge is 0.348 e. The van der Waals surface area contributed by atoms with Crippen LogP contribution in [-0.2, 0) is 23.2 Å². The molecular formula is C22H29N5O2. The third kappa shape index (κ3) is 3.52. The number of aromatic nitrogens is 2. The van der Waals surface area contributed by atoms with Gasteiger partial charge in [0.1, 0.15) is 5.82 Å². The van der Waals surface area contributed by atoms with Crippen LogP contribution in [0, 0.1) is 11.8 Å². The number of nitrogens with zero attached hydrogens (tertiary/aromatic N) is 4. The van der Waals surface area contributed by atoms with Crippen LogP contribution >= 0.6 is 0 Å². The first-order chi connectivity index (χ1) is 14.1.